The van der Waals surface area contributed by atoms with Crippen LogP contribution in [0.1, 0.15) is 36.8 Å². The summed E-state index contributed by atoms with van der Waals surface area (Å²) in [7, 11) is 1.87. The van der Waals surface area contributed by atoms with Gasteiger partial charge in [-0.3, -0.25) is 0 Å². The minimum absolute atomic E-state index is 0.0190. The topological polar surface area (TPSA) is 45.0 Å². The molecule has 4 rings (SSSR count). The highest BCUT2D eigenvalue weighted by Gasteiger charge is 2.63. The molecule has 3 nitrogen and oxygen atoms in total. The Bertz CT molecular complexity index is 607. The monoisotopic (exact) mass is 282 g/mol. The summed E-state index contributed by atoms with van der Waals surface area (Å²) < 4.78 is 6.22. The lowest BCUT2D eigenvalue weighted by molar-refractivity contribution is -0.154. The number of nitrogens with zero attached hydrogens (tertiary/aromatic N) is 1. The van der Waals surface area contributed by atoms with E-state index in [-0.39, 0.29) is 16.9 Å². The maximum atomic E-state index is 9.47. The third kappa shape index (κ3) is 1.55. The number of benzene rings is 1. The highest BCUT2D eigenvalue weighted by Crippen LogP contribution is 2.58. The minimum atomic E-state index is -0.132. The van der Waals surface area contributed by atoms with Crippen LogP contribution in [-0.2, 0) is 16.6 Å². The summed E-state index contributed by atoms with van der Waals surface area (Å²) in [4.78, 5) is 0. The highest BCUT2D eigenvalue weighted by atomic mass is 16.5. The van der Waals surface area contributed by atoms with Crippen molar-refractivity contribution in [3.8, 4) is 6.07 Å². The van der Waals surface area contributed by atoms with Crippen LogP contribution in [0.15, 0.2) is 24.3 Å². The fourth-order valence-corrected chi connectivity index (χ4v) is 5.41. The molecule has 3 heteroatoms. The fourth-order valence-electron chi connectivity index (χ4n) is 5.41. The molecular weight excluding hydrogens is 260 g/mol. The summed E-state index contributed by atoms with van der Waals surface area (Å²) >= 11 is 0. The smallest absolute Gasteiger partial charge is 0.0931 e. The second-order valence-electron chi connectivity index (χ2n) is 6.86. The first-order valence-electron chi connectivity index (χ1n) is 8.02. The maximum Gasteiger partial charge on any atom is 0.0931 e. The van der Waals surface area contributed by atoms with Crippen LogP contribution in [-0.4, -0.2) is 25.3 Å². The predicted molar refractivity (Wildman–Crippen MR) is 80.9 cm³/mol. The molecular formula is C18H22N2O. The zero-order valence-electron chi connectivity index (χ0n) is 12.6. The predicted octanol–water partition coefficient (Wildman–Crippen LogP) is 2.55. The van der Waals surface area contributed by atoms with E-state index in [9.17, 15) is 5.26 Å². The largest absolute Gasteiger partial charge is 0.376 e. The van der Waals surface area contributed by atoms with E-state index in [2.05, 4.69) is 35.7 Å². The zero-order valence-corrected chi connectivity index (χ0v) is 12.6. The van der Waals surface area contributed by atoms with Gasteiger partial charge < -0.3 is 10.1 Å². The Kier molecular flexibility index (Phi) is 2.89. The molecule has 1 aromatic carbocycles. The Morgan fingerprint density at radius 2 is 2.19 bits per heavy atom. The molecule has 21 heavy (non-hydrogen) atoms. The summed E-state index contributed by atoms with van der Waals surface area (Å²) in [6.45, 7) is 1.03. The van der Waals surface area contributed by atoms with Crippen molar-refractivity contribution in [1.82, 2.24) is 5.32 Å². The number of nitrogens with one attached hydrogen (secondary N) is 1. The average Bonchev–Trinajstić information content (AvgIpc) is 2.53. The van der Waals surface area contributed by atoms with Gasteiger partial charge in [-0.15, -0.1) is 0 Å². The van der Waals surface area contributed by atoms with Crippen molar-refractivity contribution in [2.24, 2.45) is 5.92 Å². The Morgan fingerprint density at radius 1 is 1.33 bits per heavy atom. The van der Waals surface area contributed by atoms with Crippen LogP contribution < -0.4 is 5.32 Å². The van der Waals surface area contributed by atoms with Gasteiger partial charge in [-0.05, 0) is 49.8 Å². The Balaban J connectivity index is 1.94. The lowest BCUT2D eigenvalue weighted by Crippen LogP contribution is -2.73. The number of fused-ring (bicyclic) bond motifs is 1. The van der Waals surface area contributed by atoms with Crippen LogP contribution >= 0.6 is 0 Å². The normalized spacial score (nSPS) is 40.8. The SMILES string of the molecule is CO[C@@]12CCC(C#N)C[C@@]13CCN[C@@H]2Cc1ccccc13. The van der Waals surface area contributed by atoms with Gasteiger partial charge in [0.25, 0.3) is 0 Å². The molecule has 0 aromatic heterocycles. The number of ether oxygens (including phenoxy) is 1. The Labute approximate surface area is 126 Å². The molecule has 0 spiro atoms. The highest BCUT2D eigenvalue weighted by molar-refractivity contribution is 5.45. The van der Waals surface area contributed by atoms with Crippen LogP contribution in [0, 0.1) is 17.2 Å². The average molecular weight is 282 g/mol. The van der Waals surface area contributed by atoms with E-state index in [0.717, 1.165) is 38.6 Å². The first-order valence-corrected chi connectivity index (χ1v) is 8.02. The molecule has 110 valence electrons. The van der Waals surface area contributed by atoms with Gasteiger partial charge in [0, 0.05) is 24.5 Å². The molecule has 3 aliphatic rings. The van der Waals surface area contributed by atoms with Crippen LogP contribution in [0.4, 0.5) is 0 Å². The number of nitriles is 1. The van der Waals surface area contributed by atoms with Gasteiger partial charge >= 0.3 is 0 Å². The van der Waals surface area contributed by atoms with Crippen molar-refractivity contribution in [2.45, 2.75) is 49.2 Å². The lowest BCUT2D eigenvalue weighted by Gasteiger charge is -2.63. The molecule has 0 radical (unpaired) electrons. The van der Waals surface area contributed by atoms with Crippen molar-refractivity contribution in [3.63, 3.8) is 0 Å². The van der Waals surface area contributed by atoms with Crippen molar-refractivity contribution >= 4 is 0 Å². The summed E-state index contributed by atoms with van der Waals surface area (Å²) in [6.07, 6.45) is 5.03. The van der Waals surface area contributed by atoms with Crippen LogP contribution in [0.25, 0.3) is 0 Å². The van der Waals surface area contributed by atoms with Gasteiger partial charge in [0.05, 0.1) is 11.7 Å². The minimum Gasteiger partial charge on any atom is -0.376 e. The number of rotatable bonds is 1. The second-order valence-corrected chi connectivity index (χ2v) is 6.86. The summed E-state index contributed by atoms with van der Waals surface area (Å²) in [5.41, 5.74) is 2.78. The molecule has 2 fully saturated rings. The number of hydrogen-bond acceptors (Lipinski definition) is 3. The summed E-state index contributed by atoms with van der Waals surface area (Å²) in [6, 6.07) is 11.7. The molecule has 1 aliphatic heterocycles. The van der Waals surface area contributed by atoms with E-state index in [1.807, 2.05) is 7.11 Å². The Hall–Kier alpha value is -1.37. The molecule has 2 aliphatic carbocycles. The van der Waals surface area contributed by atoms with Gasteiger partial charge in [-0.25, -0.2) is 0 Å². The molecule has 1 unspecified atom stereocenters. The molecule has 2 bridgehead atoms. The quantitative estimate of drug-likeness (QED) is 0.861. The van der Waals surface area contributed by atoms with E-state index in [4.69, 9.17) is 4.74 Å². The Morgan fingerprint density at radius 3 is 3.00 bits per heavy atom. The molecule has 1 saturated carbocycles. The van der Waals surface area contributed by atoms with E-state index in [0.29, 0.717) is 6.04 Å². The molecule has 4 atom stereocenters. The van der Waals surface area contributed by atoms with Crippen molar-refractivity contribution < 1.29 is 4.74 Å². The third-order valence-electron chi connectivity index (χ3n) is 6.28. The van der Waals surface area contributed by atoms with Crippen molar-refractivity contribution in [1.29, 1.82) is 5.26 Å². The first kappa shape index (κ1) is 13.3. The van der Waals surface area contributed by atoms with E-state index in [1.54, 1.807) is 0 Å². The van der Waals surface area contributed by atoms with Crippen molar-refractivity contribution in [2.75, 3.05) is 13.7 Å². The molecule has 1 aromatic rings. The van der Waals surface area contributed by atoms with Gasteiger partial charge in [-0.1, -0.05) is 24.3 Å². The zero-order chi connectivity index (χ0) is 14.5. The van der Waals surface area contributed by atoms with E-state index in [1.165, 1.54) is 11.1 Å². The standard InChI is InChI=1S/C18H22N2O/c1-21-18-7-6-13(12-19)11-17(18)8-9-20-16(18)10-14-4-2-3-5-15(14)17/h2-5,13,16,20H,6-11H2,1H3/t13?,16-,17-,18-/m1/s1. The molecule has 0 amide bonds. The summed E-state index contributed by atoms with van der Waals surface area (Å²) in [5.74, 6) is 0.165. The van der Waals surface area contributed by atoms with Gasteiger partial charge in [-0.2, -0.15) is 5.26 Å². The van der Waals surface area contributed by atoms with E-state index >= 15 is 0 Å². The van der Waals surface area contributed by atoms with Gasteiger partial charge in [0.2, 0.25) is 0 Å². The van der Waals surface area contributed by atoms with Gasteiger partial charge in [0.15, 0.2) is 0 Å². The van der Waals surface area contributed by atoms with E-state index < -0.39 is 0 Å². The lowest BCUT2D eigenvalue weighted by atomic mass is 9.48. The molecule has 1 saturated heterocycles. The summed E-state index contributed by atoms with van der Waals surface area (Å²) in [5, 5.41) is 13.2. The first-order chi connectivity index (χ1) is 10.3. The fraction of sp³-hybridized carbons (Fsp3) is 0.611. The number of methoxy groups -OCH3 is 1. The van der Waals surface area contributed by atoms with Crippen LogP contribution in [0.3, 0.4) is 0 Å². The second kappa shape index (κ2) is 4.56. The molecule has 1 N–H and O–H groups in total. The van der Waals surface area contributed by atoms with Crippen molar-refractivity contribution in [3.05, 3.63) is 35.4 Å². The van der Waals surface area contributed by atoms with Gasteiger partial charge in [0.1, 0.15) is 0 Å². The molecule has 1 heterocycles. The third-order valence-corrected chi connectivity index (χ3v) is 6.28. The number of hydrogen-bond donors (Lipinski definition) is 1. The maximum absolute atomic E-state index is 9.47. The van der Waals surface area contributed by atoms with Crippen LogP contribution in [0.5, 0.6) is 0 Å². The van der Waals surface area contributed by atoms with Crippen LogP contribution in [0.2, 0.25) is 0 Å². The number of piperidine rings is 1.